The number of carbonyl (C=O) groups excluding carboxylic acids is 1. The van der Waals surface area contributed by atoms with E-state index in [2.05, 4.69) is 4.65 Å². The summed E-state index contributed by atoms with van der Waals surface area (Å²) in [6.45, 7) is 1.08. The Balaban J connectivity index is 0. The molecular formula is C2H5BO4Zn. The summed E-state index contributed by atoms with van der Waals surface area (Å²) in [6.07, 6.45) is 0. The summed E-state index contributed by atoms with van der Waals surface area (Å²) in [7, 11) is -1.97. The summed E-state index contributed by atoms with van der Waals surface area (Å²) in [5.41, 5.74) is 0. The van der Waals surface area contributed by atoms with Gasteiger partial charge in [-0.1, -0.05) is 0 Å². The molecule has 0 aromatic rings. The number of hydrogen-bond acceptors (Lipinski definition) is 4. The van der Waals surface area contributed by atoms with Gasteiger partial charge in [-0.2, -0.15) is 0 Å². The van der Waals surface area contributed by atoms with Crippen LogP contribution in [-0.2, 0) is 28.9 Å². The van der Waals surface area contributed by atoms with Gasteiger partial charge in [-0.3, -0.25) is 4.79 Å². The standard InChI is InChI=1S/C2H5BO4.Zn/c1-2(4)7-3(5)6;/h5-6H,1H3;. The van der Waals surface area contributed by atoms with Crippen molar-refractivity contribution in [1.82, 2.24) is 0 Å². The average Bonchev–Trinajstić information content (AvgIpc) is 1.27. The van der Waals surface area contributed by atoms with E-state index in [-0.39, 0.29) is 19.5 Å². The molecule has 0 aromatic carbocycles. The van der Waals surface area contributed by atoms with Crippen LogP contribution in [0.5, 0.6) is 0 Å². The summed E-state index contributed by atoms with van der Waals surface area (Å²) < 4.78 is 3.72. The fourth-order valence-electron chi connectivity index (χ4n) is 0.148. The van der Waals surface area contributed by atoms with Gasteiger partial charge in [-0.05, 0) is 0 Å². The van der Waals surface area contributed by atoms with Gasteiger partial charge in [0.1, 0.15) is 0 Å². The Hall–Kier alpha value is 0.0783. The summed E-state index contributed by atoms with van der Waals surface area (Å²) in [4.78, 5) is 9.71. The van der Waals surface area contributed by atoms with Crippen molar-refractivity contribution in [3.05, 3.63) is 0 Å². The molecule has 42 valence electrons. The maximum absolute atomic E-state index is 9.71. The first-order valence-electron chi connectivity index (χ1n) is 1.66. The Kier molecular flexibility index (Phi) is 7.15. The molecule has 6 heteroatoms. The minimum absolute atomic E-state index is 0. The summed E-state index contributed by atoms with van der Waals surface area (Å²) >= 11 is 0. The molecule has 0 saturated heterocycles. The van der Waals surface area contributed by atoms with Gasteiger partial charge in [0.15, 0.2) is 0 Å². The molecule has 0 spiro atoms. The zero-order chi connectivity index (χ0) is 5.86. The topological polar surface area (TPSA) is 66.8 Å². The number of hydrogen-bond donors (Lipinski definition) is 2. The van der Waals surface area contributed by atoms with E-state index in [1.807, 2.05) is 0 Å². The molecule has 0 rings (SSSR count). The molecule has 0 heterocycles. The van der Waals surface area contributed by atoms with Crippen LogP contribution in [0.3, 0.4) is 0 Å². The van der Waals surface area contributed by atoms with Gasteiger partial charge in [-0.25, -0.2) is 0 Å². The second kappa shape index (κ2) is 5.22. The van der Waals surface area contributed by atoms with Crippen molar-refractivity contribution in [1.29, 1.82) is 0 Å². The fourth-order valence-corrected chi connectivity index (χ4v) is 0.148. The van der Waals surface area contributed by atoms with Crippen molar-refractivity contribution in [2.75, 3.05) is 0 Å². The molecule has 0 fully saturated rings. The summed E-state index contributed by atoms with van der Waals surface area (Å²) in [5.74, 6) is -0.713. The van der Waals surface area contributed by atoms with Gasteiger partial charge in [0.25, 0.3) is 5.97 Å². The Labute approximate surface area is 59.8 Å². The monoisotopic (exact) mass is 168 g/mol. The molecule has 4 nitrogen and oxygen atoms in total. The maximum Gasteiger partial charge on any atom is 0.709 e. The Morgan fingerprint density at radius 1 is 1.62 bits per heavy atom. The molecular weight excluding hydrogens is 164 g/mol. The third-order valence-electron chi connectivity index (χ3n) is 0.271. The smallest absolute Gasteiger partial charge is 0.485 e. The van der Waals surface area contributed by atoms with Crippen molar-refractivity contribution >= 4 is 13.3 Å². The number of carbonyl (C=O) groups is 1. The molecule has 8 heavy (non-hydrogen) atoms. The maximum atomic E-state index is 9.71. The van der Waals surface area contributed by atoms with Crippen molar-refractivity contribution in [3.63, 3.8) is 0 Å². The van der Waals surface area contributed by atoms with E-state index in [0.717, 1.165) is 6.92 Å². The van der Waals surface area contributed by atoms with Crippen LogP contribution in [0.15, 0.2) is 0 Å². The Bertz CT molecular complexity index is 74.4. The molecule has 0 aliphatic carbocycles. The zero-order valence-corrected chi connectivity index (χ0v) is 7.46. The van der Waals surface area contributed by atoms with Crippen molar-refractivity contribution in [2.24, 2.45) is 0 Å². The molecule has 0 unspecified atom stereocenters. The van der Waals surface area contributed by atoms with Gasteiger partial charge < -0.3 is 14.7 Å². The van der Waals surface area contributed by atoms with Gasteiger partial charge in [-0.15, -0.1) is 0 Å². The van der Waals surface area contributed by atoms with Crippen LogP contribution in [0.25, 0.3) is 0 Å². The van der Waals surface area contributed by atoms with Gasteiger partial charge >= 0.3 is 7.32 Å². The first-order valence-corrected chi connectivity index (χ1v) is 1.66. The minimum atomic E-state index is -1.97. The quantitative estimate of drug-likeness (QED) is 0.470. The number of rotatable bonds is 1. The van der Waals surface area contributed by atoms with Gasteiger partial charge in [0, 0.05) is 26.4 Å². The van der Waals surface area contributed by atoms with Crippen molar-refractivity contribution in [2.45, 2.75) is 6.92 Å². The molecule has 0 atom stereocenters. The first-order chi connectivity index (χ1) is 3.13. The average molecular weight is 169 g/mol. The van der Waals surface area contributed by atoms with E-state index >= 15 is 0 Å². The predicted octanol–water partition coefficient (Wildman–Crippen LogP) is -1.48. The van der Waals surface area contributed by atoms with Crippen LogP contribution >= 0.6 is 0 Å². The molecule has 2 N–H and O–H groups in total. The second-order valence-electron chi connectivity index (χ2n) is 0.936. The fraction of sp³-hybridized carbons (Fsp3) is 0.500. The minimum Gasteiger partial charge on any atom is -0.485 e. The van der Waals surface area contributed by atoms with Crippen LogP contribution in [0, 0.1) is 0 Å². The van der Waals surface area contributed by atoms with E-state index in [1.54, 1.807) is 0 Å². The van der Waals surface area contributed by atoms with Crippen molar-refractivity contribution < 1.29 is 39.0 Å². The molecule has 0 radical (unpaired) electrons. The van der Waals surface area contributed by atoms with Crippen LogP contribution in [0.2, 0.25) is 0 Å². The third-order valence-corrected chi connectivity index (χ3v) is 0.271. The van der Waals surface area contributed by atoms with E-state index in [9.17, 15) is 4.79 Å². The molecule has 0 aromatic heterocycles. The summed E-state index contributed by atoms with van der Waals surface area (Å²) in [5, 5.41) is 15.7. The first kappa shape index (κ1) is 11.0. The normalized spacial score (nSPS) is 6.88. The van der Waals surface area contributed by atoms with E-state index < -0.39 is 13.3 Å². The molecule has 0 amide bonds. The van der Waals surface area contributed by atoms with E-state index in [4.69, 9.17) is 10.0 Å². The van der Waals surface area contributed by atoms with Crippen LogP contribution in [0.4, 0.5) is 0 Å². The zero-order valence-electron chi connectivity index (χ0n) is 4.50. The third kappa shape index (κ3) is 9.42. The van der Waals surface area contributed by atoms with Gasteiger partial charge in [0.05, 0.1) is 0 Å². The van der Waals surface area contributed by atoms with Gasteiger partial charge in [0.2, 0.25) is 0 Å². The van der Waals surface area contributed by atoms with E-state index in [0.29, 0.717) is 0 Å². The second-order valence-corrected chi connectivity index (χ2v) is 0.936. The van der Waals surface area contributed by atoms with Crippen LogP contribution in [-0.4, -0.2) is 23.3 Å². The molecule has 0 saturated carbocycles. The SMILES string of the molecule is CC(=O)OB(O)O.[Zn]. The van der Waals surface area contributed by atoms with Crippen LogP contribution < -0.4 is 0 Å². The van der Waals surface area contributed by atoms with E-state index in [1.165, 1.54) is 0 Å². The Morgan fingerprint density at radius 3 is 2.00 bits per heavy atom. The Morgan fingerprint density at radius 2 is 2.00 bits per heavy atom. The van der Waals surface area contributed by atoms with Crippen molar-refractivity contribution in [3.8, 4) is 0 Å². The summed E-state index contributed by atoms with van der Waals surface area (Å²) in [6, 6.07) is 0. The van der Waals surface area contributed by atoms with Crippen LogP contribution in [0.1, 0.15) is 6.92 Å². The molecule has 0 aliphatic rings. The largest absolute Gasteiger partial charge is 0.709 e. The molecule has 0 bridgehead atoms. The molecule has 0 aliphatic heterocycles. The predicted molar refractivity (Wildman–Crippen MR) is 22.0 cm³/mol.